The van der Waals surface area contributed by atoms with Crippen LogP contribution in [0.5, 0.6) is 0 Å². The van der Waals surface area contributed by atoms with Crippen molar-refractivity contribution in [3.8, 4) is 0 Å². The van der Waals surface area contributed by atoms with E-state index in [1.165, 1.54) is 0 Å². The average Bonchev–Trinajstić information content (AvgIpc) is 2.99. The summed E-state index contributed by atoms with van der Waals surface area (Å²) in [6.45, 7) is 1.16. The van der Waals surface area contributed by atoms with Crippen LogP contribution in [0.4, 0.5) is 10.5 Å². The van der Waals surface area contributed by atoms with Crippen molar-refractivity contribution in [1.82, 2.24) is 10.6 Å². The van der Waals surface area contributed by atoms with E-state index in [2.05, 4.69) is 16.0 Å². The maximum atomic E-state index is 11.8. The second-order valence-corrected chi connectivity index (χ2v) is 5.80. The van der Waals surface area contributed by atoms with Gasteiger partial charge in [0.15, 0.2) is 0 Å². The van der Waals surface area contributed by atoms with Gasteiger partial charge in [-0.2, -0.15) is 0 Å². The predicted octanol–water partition coefficient (Wildman–Crippen LogP) is 2.36. The van der Waals surface area contributed by atoms with Crippen molar-refractivity contribution in [2.75, 3.05) is 11.9 Å². The zero-order valence-electron chi connectivity index (χ0n) is 11.3. The van der Waals surface area contributed by atoms with Crippen molar-refractivity contribution in [2.45, 2.75) is 13.0 Å². The maximum absolute atomic E-state index is 11.8. The Labute approximate surface area is 126 Å². The molecule has 0 unspecified atom stereocenters. The fraction of sp³-hybridized carbons (Fsp3) is 0.200. The van der Waals surface area contributed by atoms with Crippen LogP contribution in [0, 0.1) is 0 Å². The molecule has 1 aliphatic heterocycles. The summed E-state index contributed by atoms with van der Waals surface area (Å²) in [5.41, 5.74) is 2.27. The molecule has 0 spiro atoms. The molecule has 3 rings (SSSR count). The van der Waals surface area contributed by atoms with Crippen LogP contribution < -0.4 is 16.0 Å². The molecular weight excluding hydrogens is 286 g/mol. The number of benzene rings is 1. The van der Waals surface area contributed by atoms with E-state index in [4.69, 9.17) is 0 Å². The SMILES string of the molecule is O=C(NCc1cccs1)Nc1ccc2c(c1)C(=O)NCC2. The Morgan fingerprint density at radius 2 is 2.24 bits per heavy atom. The van der Waals surface area contributed by atoms with Crippen molar-refractivity contribution in [1.29, 1.82) is 0 Å². The number of thiophene rings is 1. The molecule has 1 aliphatic rings. The molecule has 108 valence electrons. The number of urea groups is 1. The van der Waals surface area contributed by atoms with Crippen LogP contribution >= 0.6 is 11.3 Å². The Kier molecular flexibility index (Phi) is 3.87. The number of amides is 3. The maximum Gasteiger partial charge on any atom is 0.319 e. The van der Waals surface area contributed by atoms with E-state index in [9.17, 15) is 9.59 Å². The van der Waals surface area contributed by atoms with Crippen molar-refractivity contribution >= 4 is 29.0 Å². The summed E-state index contributed by atoms with van der Waals surface area (Å²) in [5.74, 6) is -0.0844. The molecule has 2 heterocycles. The van der Waals surface area contributed by atoms with Crippen molar-refractivity contribution in [3.05, 3.63) is 51.7 Å². The lowest BCUT2D eigenvalue weighted by Crippen LogP contribution is -2.32. The highest BCUT2D eigenvalue weighted by Gasteiger charge is 2.17. The molecule has 0 fully saturated rings. The summed E-state index contributed by atoms with van der Waals surface area (Å²) < 4.78 is 0. The number of hydrogen-bond acceptors (Lipinski definition) is 3. The van der Waals surface area contributed by atoms with Gasteiger partial charge in [0.05, 0.1) is 6.54 Å². The summed E-state index contributed by atoms with van der Waals surface area (Å²) in [4.78, 5) is 24.7. The third-order valence-corrected chi connectivity index (χ3v) is 4.17. The lowest BCUT2D eigenvalue weighted by Gasteiger charge is -2.17. The zero-order chi connectivity index (χ0) is 14.7. The van der Waals surface area contributed by atoms with E-state index in [1.54, 1.807) is 17.4 Å². The smallest absolute Gasteiger partial charge is 0.319 e. The van der Waals surface area contributed by atoms with E-state index < -0.39 is 0 Å². The minimum Gasteiger partial charge on any atom is -0.352 e. The molecule has 5 nitrogen and oxygen atoms in total. The Morgan fingerprint density at radius 3 is 3.05 bits per heavy atom. The van der Waals surface area contributed by atoms with Crippen molar-refractivity contribution in [3.63, 3.8) is 0 Å². The fourth-order valence-electron chi connectivity index (χ4n) is 2.25. The van der Waals surface area contributed by atoms with E-state index in [-0.39, 0.29) is 11.9 Å². The molecule has 2 aromatic rings. The standard InChI is InChI=1S/C15H15N3O2S/c19-14-13-8-11(4-3-10(13)5-6-16-14)18-15(20)17-9-12-2-1-7-21-12/h1-4,7-8H,5-6,9H2,(H,16,19)(H2,17,18,20). The van der Waals surface area contributed by atoms with E-state index in [0.29, 0.717) is 24.3 Å². The van der Waals surface area contributed by atoms with Crippen LogP contribution in [0.3, 0.4) is 0 Å². The molecule has 3 N–H and O–H groups in total. The number of fused-ring (bicyclic) bond motifs is 1. The molecule has 1 aromatic heterocycles. The molecule has 3 amide bonds. The van der Waals surface area contributed by atoms with Gasteiger partial charge in [0.25, 0.3) is 5.91 Å². The zero-order valence-corrected chi connectivity index (χ0v) is 12.1. The Balaban J connectivity index is 1.63. The number of carbonyl (C=O) groups excluding carboxylic acids is 2. The predicted molar refractivity (Wildman–Crippen MR) is 82.7 cm³/mol. The van der Waals surface area contributed by atoms with Crippen LogP contribution in [0.1, 0.15) is 20.8 Å². The summed E-state index contributed by atoms with van der Waals surface area (Å²) in [7, 11) is 0. The molecule has 6 heteroatoms. The minimum atomic E-state index is -0.278. The molecule has 0 bridgehead atoms. The van der Waals surface area contributed by atoms with Gasteiger partial charge in [-0.1, -0.05) is 12.1 Å². The normalized spacial score (nSPS) is 13.2. The van der Waals surface area contributed by atoms with Crippen molar-refractivity contribution in [2.24, 2.45) is 0 Å². The van der Waals surface area contributed by atoms with Gasteiger partial charge in [-0.25, -0.2) is 4.79 Å². The van der Waals surface area contributed by atoms with Gasteiger partial charge < -0.3 is 16.0 Å². The lowest BCUT2D eigenvalue weighted by atomic mass is 10.00. The molecule has 1 aromatic carbocycles. The monoisotopic (exact) mass is 301 g/mol. The quantitative estimate of drug-likeness (QED) is 0.814. The highest BCUT2D eigenvalue weighted by molar-refractivity contribution is 7.09. The van der Waals surface area contributed by atoms with E-state index >= 15 is 0 Å². The van der Waals surface area contributed by atoms with Gasteiger partial charge >= 0.3 is 6.03 Å². The summed E-state index contributed by atoms with van der Waals surface area (Å²) in [6, 6.07) is 9.06. The fourth-order valence-corrected chi connectivity index (χ4v) is 2.89. The first-order chi connectivity index (χ1) is 10.2. The van der Waals surface area contributed by atoms with Gasteiger partial charge in [0.1, 0.15) is 0 Å². The molecule has 0 saturated carbocycles. The third kappa shape index (κ3) is 3.22. The molecule has 0 radical (unpaired) electrons. The number of hydrogen-bond donors (Lipinski definition) is 3. The topological polar surface area (TPSA) is 70.2 Å². The summed E-state index contributed by atoms with van der Waals surface area (Å²) in [5, 5.41) is 10.3. The van der Waals surface area contributed by atoms with E-state index in [0.717, 1.165) is 16.9 Å². The van der Waals surface area contributed by atoms with Gasteiger partial charge in [0.2, 0.25) is 0 Å². The van der Waals surface area contributed by atoms with Gasteiger partial charge in [0, 0.05) is 22.7 Å². The van der Waals surface area contributed by atoms with Crippen LogP contribution in [0.15, 0.2) is 35.7 Å². The third-order valence-electron chi connectivity index (χ3n) is 3.30. The van der Waals surface area contributed by atoms with Crippen molar-refractivity contribution < 1.29 is 9.59 Å². The molecule has 0 aliphatic carbocycles. The lowest BCUT2D eigenvalue weighted by molar-refractivity contribution is 0.0946. The van der Waals surface area contributed by atoms with Crippen LogP contribution in [-0.2, 0) is 13.0 Å². The van der Waals surface area contributed by atoms with Gasteiger partial charge in [-0.3, -0.25) is 4.79 Å². The first-order valence-corrected chi connectivity index (χ1v) is 7.59. The first kappa shape index (κ1) is 13.6. The molecule has 21 heavy (non-hydrogen) atoms. The largest absolute Gasteiger partial charge is 0.352 e. The van der Waals surface area contributed by atoms with Crippen LogP contribution in [-0.4, -0.2) is 18.5 Å². The highest BCUT2D eigenvalue weighted by atomic mass is 32.1. The van der Waals surface area contributed by atoms with Crippen LogP contribution in [0.2, 0.25) is 0 Å². The first-order valence-electron chi connectivity index (χ1n) is 6.71. The van der Waals surface area contributed by atoms with Gasteiger partial charge in [-0.15, -0.1) is 11.3 Å². The Morgan fingerprint density at radius 1 is 1.33 bits per heavy atom. The number of anilines is 1. The Hall–Kier alpha value is -2.34. The molecule has 0 atom stereocenters. The number of rotatable bonds is 3. The number of nitrogens with one attached hydrogen (secondary N) is 3. The average molecular weight is 301 g/mol. The van der Waals surface area contributed by atoms with Crippen LogP contribution in [0.25, 0.3) is 0 Å². The summed E-state index contributed by atoms with van der Waals surface area (Å²) in [6.07, 6.45) is 0.825. The summed E-state index contributed by atoms with van der Waals surface area (Å²) >= 11 is 1.59. The minimum absolute atomic E-state index is 0.0844. The Bertz CT molecular complexity index is 668. The molecule has 0 saturated heterocycles. The second kappa shape index (κ2) is 5.97. The van der Waals surface area contributed by atoms with Gasteiger partial charge in [-0.05, 0) is 35.6 Å². The second-order valence-electron chi connectivity index (χ2n) is 4.76. The number of carbonyl (C=O) groups is 2. The highest BCUT2D eigenvalue weighted by Crippen LogP contribution is 2.19. The molecular formula is C15H15N3O2S. The van der Waals surface area contributed by atoms with E-state index in [1.807, 2.05) is 29.6 Å².